The summed E-state index contributed by atoms with van der Waals surface area (Å²) in [5.74, 6) is 1.13. The number of nitrogens with zero attached hydrogens (tertiary/aromatic N) is 1. The van der Waals surface area contributed by atoms with Crippen LogP contribution in [0.4, 0.5) is 0 Å². The number of methoxy groups -OCH3 is 2. The molecule has 1 aliphatic heterocycles. The van der Waals surface area contributed by atoms with E-state index in [4.69, 9.17) is 18.9 Å². The van der Waals surface area contributed by atoms with Crippen LogP contribution in [0.25, 0.3) is 0 Å². The highest BCUT2D eigenvalue weighted by atomic mass is 16.7. The molecule has 0 saturated carbocycles. The number of rotatable bonds is 6. The molecule has 19 heavy (non-hydrogen) atoms. The molecular formula is C13H19NO5. The molecule has 1 aliphatic rings. The van der Waals surface area contributed by atoms with Gasteiger partial charge in [0.2, 0.25) is 12.5 Å². The zero-order chi connectivity index (χ0) is 13.8. The van der Waals surface area contributed by atoms with Crippen LogP contribution < -0.4 is 9.47 Å². The van der Waals surface area contributed by atoms with Crippen LogP contribution >= 0.6 is 0 Å². The average Bonchev–Trinajstić information content (AvgIpc) is 2.88. The third-order valence-electron chi connectivity index (χ3n) is 3.02. The van der Waals surface area contributed by atoms with Gasteiger partial charge in [0.15, 0.2) is 17.8 Å². The Morgan fingerprint density at radius 2 is 2.05 bits per heavy atom. The fourth-order valence-electron chi connectivity index (χ4n) is 1.98. The van der Waals surface area contributed by atoms with Crippen molar-refractivity contribution in [3.05, 3.63) is 17.7 Å². The van der Waals surface area contributed by atoms with E-state index >= 15 is 0 Å². The summed E-state index contributed by atoms with van der Waals surface area (Å²) in [4.78, 5) is 1.99. The summed E-state index contributed by atoms with van der Waals surface area (Å²) in [5.41, 5.74) is 0.776. The van der Waals surface area contributed by atoms with Crippen molar-refractivity contribution in [3.8, 4) is 17.2 Å². The first-order chi connectivity index (χ1) is 9.15. The van der Waals surface area contributed by atoms with E-state index in [2.05, 4.69) is 0 Å². The molecule has 1 N–H and O–H groups in total. The molecule has 106 valence electrons. The maximum absolute atomic E-state index is 10.1. The first-order valence-corrected chi connectivity index (χ1v) is 6.00. The molecule has 0 aliphatic carbocycles. The van der Waals surface area contributed by atoms with Crippen molar-refractivity contribution in [2.45, 2.75) is 12.8 Å². The number of ether oxygens (including phenoxy) is 4. The molecule has 1 aromatic rings. The zero-order valence-corrected chi connectivity index (χ0v) is 11.4. The number of likely N-dealkylation sites (N-methyl/N-ethyl adjacent to an activating group) is 1. The van der Waals surface area contributed by atoms with Crippen LogP contribution in [0.5, 0.6) is 17.2 Å². The Morgan fingerprint density at radius 1 is 1.32 bits per heavy atom. The van der Waals surface area contributed by atoms with Crippen molar-refractivity contribution in [1.82, 2.24) is 4.90 Å². The molecule has 0 aromatic heterocycles. The predicted molar refractivity (Wildman–Crippen MR) is 68.4 cm³/mol. The van der Waals surface area contributed by atoms with Gasteiger partial charge in [-0.15, -0.1) is 0 Å². The Hall–Kier alpha value is -1.50. The molecule has 6 nitrogen and oxygen atoms in total. The number of hydrogen-bond acceptors (Lipinski definition) is 6. The van der Waals surface area contributed by atoms with Crippen molar-refractivity contribution >= 4 is 0 Å². The maximum Gasteiger partial charge on any atom is 0.231 e. The molecule has 2 rings (SSSR count). The molecule has 1 aromatic carbocycles. The van der Waals surface area contributed by atoms with E-state index in [9.17, 15) is 5.11 Å². The van der Waals surface area contributed by atoms with Gasteiger partial charge in [0.25, 0.3) is 0 Å². The Bertz CT molecular complexity index is 433. The second-order valence-corrected chi connectivity index (χ2v) is 4.40. The van der Waals surface area contributed by atoms with Gasteiger partial charge >= 0.3 is 0 Å². The Morgan fingerprint density at radius 3 is 2.74 bits per heavy atom. The van der Waals surface area contributed by atoms with Crippen LogP contribution in [-0.4, -0.2) is 50.9 Å². The minimum Gasteiger partial charge on any atom is -0.504 e. The predicted octanol–water partition coefficient (Wildman–Crippen LogP) is 1.17. The molecule has 0 radical (unpaired) electrons. The van der Waals surface area contributed by atoms with E-state index < -0.39 is 0 Å². The Labute approximate surface area is 112 Å². The first kappa shape index (κ1) is 13.9. The van der Waals surface area contributed by atoms with Crippen LogP contribution in [0.1, 0.15) is 5.56 Å². The van der Waals surface area contributed by atoms with E-state index in [1.165, 1.54) is 0 Å². The second kappa shape index (κ2) is 6.10. The lowest BCUT2D eigenvalue weighted by atomic mass is 10.1. The highest BCUT2D eigenvalue weighted by Gasteiger charge is 2.21. The SMILES string of the molecule is COC(CN(C)Cc1ccc2c(c1O)OCO2)OC. The summed E-state index contributed by atoms with van der Waals surface area (Å²) < 4.78 is 20.7. The lowest BCUT2D eigenvalue weighted by molar-refractivity contribution is -0.114. The van der Waals surface area contributed by atoms with E-state index in [1.54, 1.807) is 20.3 Å². The number of phenolic OH excluding ortho intramolecular Hbond substituents is 1. The molecule has 0 fully saturated rings. The van der Waals surface area contributed by atoms with Crippen molar-refractivity contribution in [1.29, 1.82) is 0 Å². The lowest BCUT2D eigenvalue weighted by Gasteiger charge is -2.22. The Balaban J connectivity index is 2.03. The summed E-state index contributed by atoms with van der Waals surface area (Å²) >= 11 is 0. The van der Waals surface area contributed by atoms with Gasteiger partial charge in [-0.3, -0.25) is 4.90 Å². The summed E-state index contributed by atoms with van der Waals surface area (Å²) in [5, 5.41) is 10.1. The largest absolute Gasteiger partial charge is 0.504 e. The first-order valence-electron chi connectivity index (χ1n) is 6.00. The monoisotopic (exact) mass is 269 g/mol. The fraction of sp³-hybridized carbons (Fsp3) is 0.538. The number of benzene rings is 1. The topological polar surface area (TPSA) is 60.4 Å². The summed E-state index contributed by atoms with van der Waals surface area (Å²) in [6.45, 7) is 1.31. The molecule has 0 bridgehead atoms. The molecule has 0 spiro atoms. The third kappa shape index (κ3) is 3.09. The maximum atomic E-state index is 10.1. The van der Waals surface area contributed by atoms with E-state index in [-0.39, 0.29) is 18.8 Å². The molecule has 0 atom stereocenters. The van der Waals surface area contributed by atoms with Crippen molar-refractivity contribution < 1.29 is 24.1 Å². The number of phenols is 1. The summed E-state index contributed by atoms with van der Waals surface area (Å²) in [6, 6.07) is 3.63. The zero-order valence-electron chi connectivity index (χ0n) is 11.4. The van der Waals surface area contributed by atoms with Crippen molar-refractivity contribution in [2.24, 2.45) is 0 Å². The van der Waals surface area contributed by atoms with Crippen LogP contribution in [0, 0.1) is 0 Å². The average molecular weight is 269 g/mol. The van der Waals surface area contributed by atoms with Gasteiger partial charge in [0, 0.05) is 32.9 Å². The summed E-state index contributed by atoms with van der Waals surface area (Å²) in [6.07, 6.45) is -0.291. The smallest absolute Gasteiger partial charge is 0.231 e. The number of hydrogen-bond donors (Lipinski definition) is 1. The number of fused-ring (bicyclic) bond motifs is 1. The fourth-order valence-corrected chi connectivity index (χ4v) is 1.98. The van der Waals surface area contributed by atoms with Crippen molar-refractivity contribution in [3.63, 3.8) is 0 Å². The highest BCUT2D eigenvalue weighted by molar-refractivity contribution is 5.55. The number of aromatic hydroxyl groups is 1. The highest BCUT2D eigenvalue weighted by Crippen LogP contribution is 2.42. The standard InChI is InChI=1S/C13H19NO5/c1-14(7-11(16-2)17-3)6-9-4-5-10-13(12(9)15)19-8-18-10/h4-5,11,15H,6-8H2,1-3H3. The minimum absolute atomic E-state index is 0.133. The molecular weight excluding hydrogens is 250 g/mol. The van der Waals surface area contributed by atoms with Crippen LogP contribution in [0.3, 0.4) is 0 Å². The summed E-state index contributed by atoms with van der Waals surface area (Å²) in [7, 11) is 5.12. The lowest BCUT2D eigenvalue weighted by Crippen LogP contribution is -2.31. The van der Waals surface area contributed by atoms with Gasteiger partial charge < -0.3 is 24.1 Å². The van der Waals surface area contributed by atoms with Gasteiger partial charge in [-0.1, -0.05) is 6.07 Å². The molecule has 0 unspecified atom stereocenters. The van der Waals surface area contributed by atoms with E-state index in [0.717, 1.165) is 5.56 Å². The van der Waals surface area contributed by atoms with Gasteiger partial charge in [0.05, 0.1) is 0 Å². The van der Waals surface area contributed by atoms with E-state index in [0.29, 0.717) is 24.6 Å². The van der Waals surface area contributed by atoms with Gasteiger partial charge in [-0.25, -0.2) is 0 Å². The van der Waals surface area contributed by atoms with E-state index in [1.807, 2.05) is 18.0 Å². The second-order valence-electron chi connectivity index (χ2n) is 4.40. The quantitative estimate of drug-likeness (QED) is 0.782. The Kier molecular flexibility index (Phi) is 4.47. The third-order valence-corrected chi connectivity index (χ3v) is 3.02. The van der Waals surface area contributed by atoms with Gasteiger partial charge in [-0.2, -0.15) is 0 Å². The molecule has 1 heterocycles. The van der Waals surface area contributed by atoms with Crippen molar-refractivity contribution in [2.75, 3.05) is 34.6 Å². The van der Waals surface area contributed by atoms with Gasteiger partial charge in [0.1, 0.15) is 0 Å². The van der Waals surface area contributed by atoms with Gasteiger partial charge in [-0.05, 0) is 13.1 Å². The van der Waals surface area contributed by atoms with Crippen LogP contribution in [0.2, 0.25) is 0 Å². The van der Waals surface area contributed by atoms with Crippen LogP contribution in [0.15, 0.2) is 12.1 Å². The van der Waals surface area contributed by atoms with Crippen LogP contribution in [-0.2, 0) is 16.0 Å². The molecule has 0 saturated heterocycles. The molecule has 0 amide bonds. The minimum atomic E-state index is -0.291. The normalized spacial score (nSPS) is 13.5. The molecule has 6 heteroatoms.